The smallest absolute Gasteiger partial charge is 0.336 e. The summed E-state index contributed by atoms with van der Waals surface area (Å²) in [4.78, 5) is 23.1. The third-order valence-corrected chi connectivity index (χ3v) is 3.49. The van der Waals surface area contributed by atoms with Crippen molar-refractivity contribution in [2.24, 2.45) is 0 Å². The van der Waals surface area contributed by atoms with E-state index in [-0.39, 0.29) is 76.2 Å². The molecule has 0 atom stereocenters. The number of hydrogen-bond donors (Lipinski definition) is 4. The van der Waals surface area contributed by atoms with E-state index in [1.165, 1.54) is 6.07 Å². The van der Waals surface area contributed by atoms with Crippen molar-refractivity contribution in [1.29, 1.82) is 0 Å². The molecule has 0 heterocycles. The fraction of sp³-hybridized carbons (Fsp3) is 0.556. The van der Waals surface area contributed by atoms with Crippen molar-refractivity contribution < 1.29 is 67.9 Å². The molecular formula is C18H26O14. The van der Waals surface area contributed by atoms with Crippen LogP contribution in [0.5, 0.6) is 0 Å². The molecule has 0 aliphatic rings. The Balaban J connectivity index is 2.62. The molecule has 4 N–H and O–H groups in total. The van der Waals surface area contributed by atoms with Gasteiger partial charge in [-0.1, -0.05) is 0 Å². The minimum Gasteiger partial charge on any atom is -0.478 e. The van der Waals surface area contributed by atoms with E-state index < -0.39 is 25.5 Å². The van der Waals surface area contributed by atoms with Gasteiger partial charge in [-0.3, -0.25) is 0 Å². The highest BCUT2D eigenvalue weighted by molar-refractivity contribution is 5.96. The Morgan fingerprint density at radius 1 is 0.562 bits per heavy atom. The molecule has 0 aliphatic heterocycles. The average molecular weight is 466 g/mol. The highest BCUT2D eigenvalue weighted by Gasteiger charge is 2.19. The van der Waals surface area contributed by atoms with Crippen LogP contribution in [0.1, 0.15) is 31.8 Å². The number of rotatable bonds is 20. The minimum absolute atomic E-state index is 0.175. The van der Waals surface area contributed by atoms with Gasteiger partial charge in [0.1, 0.15) is 27.2 Å². The Hall–Kier alpha value is -2.24. The molecule has 0 aromatic heterocycles. The predicted molar refractivity (Wildman–Crippen MR) is 99.8 cm³/mol. The van der Waals surface area contributed by atoms with E-state index in [0.717, 1.165) is 6.07 Å². The molecule has 0 amide bonds. The number of ether oxygens (including phenoxy) is 8. The van der Waals surface area contributed by atoms with E-state index in [0.29, 0.717) is 0 Å². The van der Waals surface area contributed by atoms with Gasteiger partial charge in [-0.05, 0) is 23.3 Å². The first kappa shape index (κ1) is 27.8. The van der Waals surface area contributed by atoms with Gasteiger partial charge in [0.2, 0.25) is 0 Å². The van der Waals surface area contributed by atoms with Crippen molar-refractivity contribution in [3.8, 4) is 0 Å². The van der Waals surface area contributed by atoms with Crippen LogP contribution in [0.3, 0.4) is 0 Å². The number of benzene rings is 1. The maximum atomic E-state index is 11.5. The lowest BCUT2D eigenvalue weighted by Crippen LogP contribution is -2.13. The van der Waals surface area contributed by atoms with Gasteiger partial charge < -0.3 is 58.3 Å². The quantitative estimate of drug-likeness (QED) is 0.147. The second-order valence-corrected chi connectivity index (χ2v) is 5.66. The molecular weight excluding hydrogens is 440 g/mol. The zero-order valence-electron chi connectivity index (χ0n) is 17.1. The standard InChI is InChI=1S/C18H26O14/c19-5-27-9-31-11-29-7-25-3-13-1-14(4-26-8-30-12-32-10-28-6-20)16(18(23)24)2-15(13)17(21)22/h1-2,19-20H,3-12H2,(H,21,22)(H,23,24). The Morgan fingerprint density at radius 3 is 1.25 bits per heavy atom. The van der Waals surface area contributed by atoms with Gasteiger partial charge in [-0.15, -0.1) is 0 Å². The molecule has 1 aromatic rings. The number of carboxylic acid groups (broad SMARTS) is 2. The molecule has 0 unspecified atom stereocenters. The molecule has 32 heavy (non-hydrogen) atoms. The number of aromatic carboxylic acids is 2. The Bertz CT molecular complexity index is 627. The highest BCUT2D eigenvalue weighted by Crippen LogP contribution is 2.20. The van der Waals surface area contributed by atoms with E-state index in [9.17, 15) is 19.8 Å². The minimum atomic E-state index is -1.32. The lowest BCUT2D eigenvalue weighted by atomic mass is 9.99. The fourth-order valence-corrected chi connectivity index (χ4v) is 2.20. The molecule has 1 rings (SSSR count). The van der Waals surface area contributed by atoms with Crippen LogP contribution in [-0.2, 0) is 51.1 Å². The summed E-state index contributed by atoms with van der Waals surface area (Å²) in [5, 5.41) is 35.6. The highest BCUT2D eigenvalue weighted by atomic mass is 16.8. The maximum absolute atomic E-state index is 11.5. The number of aliphatic hydroxyl groups is 2. The molecule has 0 spiro atoms. The molecule has 0 bridgehead atoms. The number of carboxylic acids is 2. The Kier molecular flexibility index (Phi) is 15.1. The first-order chi connectivity index (χ1) is 15.5. The SMILES string of the molecule is O=C(O)c1cc(C(=O)O)c(COCOCOCOCO)cc1COCOCOCOCO. The number of hydrogen-bond acceptors (Lipinski definition) is 12. The third kappa shape index (κ3) is 11.4. The van der Waals surface area contributed by atoms with Crippen molar-refractivity contribution in [3.05, 3.63) is 34.4 Å². The van der Waals surface area contributed by atoms with Gasteiger partial charge in [-0.25, -0.2) is 9.59 Å². The van der Waals surface area contributed by atoms with E-state index in [4.69, 9.17) is 38.6 Å². The van der Waals surface area contributed by atoms with Crippen molar-refractivity contribution in [2.45, 2.75) is 13.2 Å². The van der Waals surface area contributed by atoms with Gasteiger partial charge in [0.15, 0.2) is 27.2 Å². The zero-order valence-corrected chi connectivity index (χ0v) is 17.1. The topological polar surface area (TPSA) is 189 Å². The van der Waals surface area contributed by atoms with Crippen molar-refractivity contribution in [2.75, 3.05) is 54.3 Å². The van der Waals surface area contributed by atoms with Crippen molar-refractivity contribution >= 4 is 11.9 Å². The second kappa shape index (κ2) is 17.3. The summed E-state index contributed by atoms with van der Waals surface area (Å²) < 4.78 is 39.2. The molecule has 0 radical (unpaired) electrons. The normalized spacial score (nSPS) is 11.1. The van der Waals surface area contributed by atoms with E-state index in [2.05, 4.69) is 9.47 Å². The van der Waals surface area contributed by atoms with Gasteiger partial charge in [0.05, 0.1) is 24.3 Å². The molecule has 1 aromatic carbocycles. The molecule has 0 aliphatic carbocycles. The summed E-state index contributed by atoms with van der Waals surface area (Å²) in [5.74, 6) is -2.65. The Labute approximate surface area is 182 Å². The molecule has 14 nitrogen and oxygen atoms in total. The van der Waals surface area contributed by atoms with Gasteiger partial charge in [0.25, 0.3) is 0 Å². The first-order valence-corrected chi connectivity index (χ1v) is 8.97. The molecule has 14 heteroatoms. The van der Waals surface area contributed by atoms with Crippen LogP contribution in [0.2, 0.25) is 0 Å². The third-order valence-electron chi connectivity index (χ3n) is 3.49. The van der Waals surface area contributed by atoms with Gasteiger partial charge >= 0.3 is 11.9 Å². The first-order valence-electron chi connectivity index (χ1n) is 8.97. The van der Waals surface area contributed by atoms with Crippen LogP contribution in [0.4, 0.5) is 0 Å². The van der Waals surface area contributed by atoms with Crippen LogP contribution in [0, 0.1) is 0 Å². The van der Waals surface area contributed by atoms with Crippen molar-refractivity contribution in [1.82, 2.24) is 0 Å². The van der Waals surface area contributed by atoms with E-state index >= 15 is 0 Å². The van der Waals surface area contributed by atoms with E-state index in [1.807, 2.05) is 0 Å². The Morgan fingerprint density at radius 2 is 0.906 bits per heavy atom. The summed E-state index contributed by atoms with van der Waals surface area (Å²) >= 11 is 0. The summed E-state index contributed by atoms with van der Waals surface area (Å²) in [5.41, 5.74) is -0.0705. The van der Waals surface area contributed by atoms with Crippen LogP contribution in [0.15, 0.2) is 12.1 Å². The number of carbonyl (C=O) groups is 2. The van der Waals surface area contributed by atoms with Crippen LogP contribution in [-0.4, -0.2) is 86.7 Å². The van der Waals surface area contributed by atoms with Crippen molar-refractivity contribution in [3.63, 3.8) is 0 Å². The average Bonchev–Trinajstić information content (AvgIpc) is 2.77. The lowest BCUT2D eigenvalue weighted by Gasteiger charge is -2.14. The number of aliphatic hydroxyl groups excluding tert-OH is 2. The largest absolute Gasteiger partial charge is 0.478 e. The van der Waals surface area contributed by atoms with Crippen LogP contribution in [0.25, 0.3) is 0 Å². The van der Waals surface area contributed by atoms with Gasteiger partial charge in [-0.2, -0.15) is 0 Å². The fourth-order valence-electron chi connectivity index (χ4n) is 2.20. The predicted octanol–water partition coefficient (Wildman–Crippen LogP) is -0.140. The molecule has 0 saturated heterocycles. The van der Waals surface area contributed by atoms with Gasteiger partial charge in [0, 0.05) is 0 Å². The zero-order chi connectivity index (χ0) is 23.6. The summed E-state index contributed by atoms with van der Waals surface area (Å²) in [7, 11) is 0. The second-order valence-electron chi connectivity index (χ2n) is 5.66. The van der Waals surface area contributed by atoms with Crippen LogP contribution >= 0.6 is 0 Å². The summed E-state index contributed by atoms with van der Waals surface area (Å²) in [6.45, 7) is -2.54. The monoisotopic (exact) mass is 466 g/mol. The molecule has 0 fully saturated rings. The molecule has 0 saturated carbocycles. The lowest BCUT2D eigenvalue weighted by molar-refractivity contribution is -0.186. The molecule has 182 valence electrons. The summed E-state index contributed by atoms with van der Waals surface area (Å²) in [6.07, 6.45) is 0. The summed E-state index contributed by atoms with van der Waals surface area (Å²) in [6, 6.07) is 2.37. The van der Waals surface area contributed by atoms with Crippen LogP contribution < -0.4 is 0 Å². The maximum Gasteiger partial charge on any atom is 0.336 e. The van der Waals surface area contributed by atoms with E-state index in [1.54, 1.807) is 0 Å².